The Morgan fingerprint density at radius 2 is 1.72 bits per heavy atom. The second-order valence-electron chi connectivity index (χ2n) is 6.98. The van der Waals surface area contributed by atoms with E-state index < -0.39 is 40.8 Å². The van der Waals surface area contributed by atoms with Gasteiger partial charge in [-0.2, -0.15) is 0 Å². The minimum absolute atomic E-state index is 0.256. The molecule has 2 amide bonds. The van der Waals surface area contributed by atoms with E-state index in [1.54, 1.807) is 20.8 Å². The van der Waals surface area contributed by atoms with Gasteiger partial charge in [0, 0.05) is 23.5 Å². The Labute approximate surface area is 153 Å². The highest BCUT2D eigenvalue weighted by Crippen LogP contribution is 2.26. The number of likely N-dealkylation sites (tertiary alicyclic amines) is 1. The van der Waals surface area contributed by atoms with Gasteiger partial charge in [-0.05, 0) is 45.7 Å². The predicted molar refractivity (Wildman–Crippen MR) is 93.2 cm³/mol. The van der Waals surface area contributed by atoms with E-state index in [1.807, 2.05) is 0 Å². The standard InChI is InChI=1S/C17H21BrF2N2O3/c1-17(2,3)25-16(24)22-6-4-10(5-7-22)15(23)21-14-12(19)8-11(18)9-13(14)20/h8-10H,4-7H2,1-3H3,(H,21,23). The highest BCUT2D eigenvalue weighted by molar-refractivity contribution is 9.10. The Balaban J connectivity index is 1.93. The first-order valence-electron chi connectivity index (χ1n) is 8.00. The van der Waals surface area contributed by atoms with E-state index in [-0.39, 0.29) is 4.47 Å². The Morgan fingerprint density at radius 1 is 1.20 bits per heavy atom. The second-order valence-corrected chi connectivity index (χ2v) is 7.89. The maximum atomic E-state index is 13.8. The van der Waals surface area contributed by atoms with E-state index in [9.17, 15) is 18.4 Å². The first-order chi connectivity index (χ1) is 11.6. The fraction of sp³-hybridized carbons (Fsp3) is 0.529. The van der Waals surface area contributed by atoms with Crippen molar-refractivity contribution in [2.75, 3.05) is 18.4 Å². The first kappa shape index (κ1) is 19.6. The molecule has 1 aliphatic heterocycles. The Bertz CT molecular complexity index is 645. The van der Waals surface area contributed by atoms with Gasteiger partial charge in [0.1, 0.15) is 11.3 Å². The summed E-state index contributed by atoms with van der Waals surface area (Å²) in [5, 5.41) is 2.31. The van der Waals surface area contributed by atoms with E-state index in [0.717, 1.165) is 12.1 Å². The summed E-state index contributed by atoms with van der Waals surface area (Å²) in [5.74, 6) is -2.55. The van der Waals surface area contributed by atoms with Crippen molar-refractivity contribution in [2.45, 2.75) is 39.2 Å². The fourth-order valence-corrected chi connectivity index (χ4v) is 2.94. The number of nitrogens with zero attached hydrogens (tertiary/aromatic N) is 1. The Morgan fingerprint density at radius 3 is 2.20 bits per heavy atom. The molecule has 25 heavy (non-hydrogen) atoms. The number of piperidine rings is 1. The molecule has 0 aliphatic carbocycles. The second kappa shape index (κ2) is 7.68. The molecule has 0 bridgehead atoms. The summed E-state index contributed by atoms with van der Waals surface area (Å²) >= 11 is 2.99. The molecule has 0 atom stereocenters. The molecule has 8 heteroatoms. The average Bonchev–Trinajstić information content (AvgIpc) is 2.49. The lowest BCUT2D eigenvalue weighted by Crippen LogP contribution is -2.43. The zero-order valence-electron chi connectivity index (χ0n) is 14.4. The number of benzene rings is 1. The average molecular weight is 419 g/mol. The molecule has 0 unspecified atom stereocenters. The van der Waals surface area contributed by atoms with E-state index in [0.29, 0.717) is 25.9 Å². The van der Waals surface area contributed by atoms with Crippen LogP contribution in [0.1, 0.15) is 33.6 Å². The van der Waals surface area contributed by atoms with Crippen LogP contribution in [0.3, 0.4) is 0 Å². The van der Waals surface area contributed by atoms with Gasteiger partial charge in [-0.15, -0.1) is 0 Å². The van der Waals surface area contributed by atoms with Crippen molar-refractivity contribution in [1.82, 2.24) is 4.90 Å². The summed E-state index contributed by atoms with van der Waals surface area (Å²) in [4.78, 5) is 25.8. The van der Waals surface area contributed by atoms with Gasteiger partial charge in [0.25, 0.3) is 0 Å². The van der Waals surface area contributed by atoms with Gasteiger partial charge in [-0.3, -0.25) is 4.79 Å². The van der Waals surface area contributed by atoms with Crippen LogP contribution in [0.25, 0.3) is 0 Å². The van der Waals surface area contributed by atoms with Crippen LogP contribution in [0.4, 0.5) is 19.3 Å². The van der Waals surface area contributed by atoms with Crippen LogP contribution >= 0.6 is 15.9 Å². The molecule has 0 radical (unpaired) electrons. The van der Waals surface area contributed by atoms with E-state index in [1.165, 1.54) is 4.90 Å². The van der Waals surface area contributed by atoms with E-state index in [4.69, 9.17) is 4.74 Å². The molecule has 1 N–H and O–H groups in total. The van der Waals surface area contributed by atoms with Gasteiger partial charge in [0.15, 0.2) is 11.6 Å². The minimum atomic E-state index is -0.841. The van der Waals surface area contributed by atoms with Gasteiger partial charge in [0.2, 0.25) is 5.91 Å². The number of carbonyl (C=O) groups excluding carboxylic acids is 2. The van der Waals surface area contributed by atoms with Crippen LogP contribution in [-0.4, -0.2) is 35.6 Å². The normalized spacial score (nSPS) is 15.8. The maximum absolute atomic E-state index is 13.8. The number of nitrogens with one attached hydrogen (secondary N) is 1. The molecule has 1 aromatic carbocycles. The van der Waals surface area contributed by atoms with Crippen molar-refractivity contribution in [2.24, 2.45) is 5.92 Å². The maximum Gasteiger partial charge on any atom is 0.410 e. The van der Waals surface area contributed by atoms with Crippen molar-refractivity contribution in [3.05, 3.63) is 28.2 Å². The first-order valence-corrected chi connectivity index (χ1v) is 8.79. The van der Waals surface area contributed by atoms with Crippen LogP contribution in [0.15, 0.2) is 16.6 Å². The van der Waals surface area contributed by atoms with Crippen molar-refractivity contribution in [3.63, 3.8) is 0 Å². The van der Waals surface area contributed by atoms with Crippen LogP contribution in [0, 0.1) is 17.6 Å². The number of amides is 2. The van der Waals surface area contributed by atoms with Gasteiger partial charge in [-0.1, -0.05) is 15.9 Å². The van der Waals surface area contributed by atoms with Gasteiger partial charge in [-0.25, -0.2) is 13.6 Å². The number of anilines is 1. The summed E-state index contributed by atoms with van der Waals surface area (Å²) in [7, 11) is 0. The quantitative estimate of drug-likeness (QED) is 0.777. The topological polar surface area (TPSA) is 58.6 Å². The molecule has 2 rings (SSSR count). The lowest BCUT2D eigenvalue weighted by molar-refractivity contribution is -0.121. The monoisotopic (exact) mass is 418 g/mol. The predicted octanol–water partition coefficient (Wildman–Crippen LogP) is 4.31. The number of carbonyl (C=O) groups is 2. The molecule has 1 saturated heterocycles. The fourth-order valence-electron chi connectivity index (χ4n) is 2.54. The van der Waals surface area contributed by atoms with Crippen LogP contribution in [-0.2, 0) is 9.53 Å². The minimum Gasteiger partial charge on any atom is -0.444 e. The summed E-state index contributed by atoms with van der Waals surface area (Å²) in [6, 6.07) is 2.17. The number of hydrogen-bond acceptors (Lipinski definition) is 3. The molecular weight excluding hydrogens is 398 g/mol. The largest absolute Gasteiger partial charge is 0.444 e. The molecule has 138 valence electrons. The highest BCUT2D eigenvalue weighted by atomic mass is 79.9. The summed E-state index contributed by atoms with van der Waals surface area (Å²) in [5.41, 5.74) is -1.04. The molecule has 5 nitrogen and oxygen atoms in total. The zero-order valence-corrected chi connectivity index (χ0v) is 16.0. The summed E-state index contributed by atoms with van der Waals surface area (Å²) in [6.07, 6.45) is 0.395. The number of ether oxygens (including phenoxy) is 1. The Hall–Kier alpha value is -1.70. The molecular formula is C17H21BrF2N2O3. The van der Waals surface area contributed by atoms with Crippen LogP contribution in [0.2, 0.25) is 0 Å². The molecule has 1 aromatic rings. The molecule has 0 saturated carbocycles. The van der Waals surface area contributed by atoms with Crippen LogP contribution in [0.5, 0.6) is 0 Å². The van der Waals surface area contributed by atoms with Crippen molar-refractivity contribution >= 4 is 33.6 Å². The van der Waals surface area contributed by atoms with Gasteiger partial charge < -0.3 is 15.0 Å². The van der Waals surface area contributed by atoms with Crippen molar-refractivity contribution < 1.29 is 23.1 Å². The van der Waals surface area contributed by atoms with E-state index >= 15 is 0 Å². The third kappa shape index (κ3) is 5.39. The number of halogens is 3. The zero-order chi connectivity index (χ0) is 18.8. The third-order valence-electron chi connectivity index (χ3n) is 3.77. The number of hydrogen-bond donors (Lipinski definition) is 1. The van der Waals surface area contributed by atoms with Gasteiger partial charge in [0.05, 0.1) is 0 Å². The summed E-state index contributed by atoms with van der Waals surface area (Å²) < 4.78 is 33.2. The third-order valence-corrected chi connectivity index (χ3v) is 4.23. The number of rotatable bonds is 2. The summed E-state index contributed by atoms with van der Waals surface area (Å²) in [6.45, 7) is 6.07. The smallest absolute Gasteiger partial charge is 0.410 e. The van der Waals surface area contributed by atoms with Crippen molar-refractivity contribution in [1.29, 1.82) is 0 Å². The molecule has 1 fully saturated rings. The lowest BCUT2D eigenvalue weighted by atomic mass is 9.96. The Kier molecular flexibility index (Phi) is 6.03. The lowest BCUT2D eigenvalue weighted by Gasteiger charge is -2.32. The molecule has 0 aromatic heterocycles. The highest BCUT2D eigenvalue weighted by Gasteiger charge is 2.30. The molecule has 1 heterocycles. The SMILES string of the molecule is CC(C)(C)OC(=O)N1CCC(C(=O)Nc2c(F)cc(Br)cc2F)CC1. The van der Waals surface area contributed by atoms with Gasteiger partial charge >= 0.3 is 6.09 Å². The van der Waals surface area contributed by atoms with Crippen molar-refractivity contribution in [3.8, 4) is 0 Å². The molecule has 0 spiro atoms. The molecule has 1 aliphatic rings. The van der Waals surface area contributed by atoms with E-state index in [2.05, 4.69) is 21.2 Å². The van der Waals surface area contributed by atoms with Crippen LogP contribution < -0.4 is 5.32 Å².